The van der Waals surface area contributed by atoms with Gasteiger partial charge in [0.2, 0.25) is 0 Å². The highest BCUT2D eigenvalue weighted by molar-refractivity contribution is 7.09. The van der Waals surface area contributed by atoms with E-state index in [9.17, 15) is 0 Å². The fourth-order valence-corrected chi connectivity index (χ4v) is 1.94. The Morgan fingerprint density at radius 2 is 2.20 bits per heavy atom. The Bertz CT molecular complexity index is 416. The van der Waals surface area contributed by atoms with Gasteiger partial charge in [0.25, 0.3) is 0 Å². The fourth-order valence-electron chi connectivity index (χ4n) is 1.22. The number of benzene rings is 1. The molecule has 0 saturated heterocycles. The van der Waals surface area contributed by atoms with Crippen molar-refractivity contribution in [3.63, 3.8) is 0 Å². The van der Waals surface area contributed by atoms with Crippen LogP contribution in [0.1, 0.15) is 10.4 Å². The molecule has 78 valence electrons. The number of nitrogens with zero attached hydrogens (tertiary/aromatic N) is 1. The van der Waals surface area contributed by atoms with Gasteiger partial charge < -0.3 is 4.74 Å². The topological polar surface area (TPSA) is 22.1 Å². The van der Waals surface area contributed by atoms with Gasteiger partial charge in [-0.1, -0.05) is 18.2 Å². The molecule has 0 bridgehead atoms. The normalized spacial score (nSPS) is 10.2. The van der Waals surface area contributed by atoms with Gasteiger partial charge in [-0.2, -0.15) is 0 Å². The second kappa shape index (κ2) is 5.14. The predicted molar refractivity (Wildman–Crippen MR) is 62.4 cm³/mol. The van der Waals surface area contributed by atoms with Crippen LogP contribution in [-0.4, -0.2) is 4.98 Å². The molecule has 0 unspecified atom stereocenters. The van der Waals surface area contributed by atoms with Crippen molar-refractivity contribution in [1.82, 2.24) is 4.98 Å². The molecule has 0 aliphatic carbocycles. The number of hydrogen-bond acceptors (Lipinski definition) is 3. The maximum atomic E-state index is 5.80. The third-order valence-electron chi connectivity index (χ3n) is 1.97. The Morgan fingerprint density at radius 1 is 1.33 bits per heavy atom. The molecule has 0 spiro atoms. The third-order valence-corrected chi connectivity index (χ3v) is 3.01. The van der Waals surface area contributed by atoms with E-state index < -0.39 is 0 Å². The van der Waals surface area contributed by atoms with Gasteiger partial charge in [0.15, 0.2) is 0 Å². The van der Waals surface area contributed by atoms with Crippen LogP contribution < -0.4 is 4.74 Å². The molecule has 4 heteroatoms. The number of aromatic nitrogens is 1. The summed E-state index contributed by atoms with van der Waals surface area (Å²) in [5.41, 5.74) is 2.82. The van der Waals surface area contributed by atoms with Crippen LogP contribution >= 0.6 is 22.9 Å². The van der Waals surface area contributed by atoms with E-state index in [1.807, 2.05) is 30.5 Å². The molecule has 2 nitrogen and oxygen atoms in total. The molecule has 0 fully saturated rings. The van der Waals surface area contributed by atoms with Gasteiger partial charge in [-0.15, -0.1) is 22.9 Å². The SMILES string of the molecule is ClCc1ccccc1OCc1cncs1. The molecule has 2 aromatic rings. The lowest BCUT2D eigenvalue weighted by Gasteiger charge is -2.07. The first kappa shape index (κ1) is 10.5. The van der Waals surface area contributed by atoms with Crippen molar-refractivity contribution in [2.45, 2.75) is 12.5 Å². The molecule has 0 aliphatic heterocycles. The Hall–Kier alpha value is -1.06. The predicted octanol–water partition coefficient (Wildman–Crippen LogP) is 3.46. The zero-order chi connectivity index (χ0) is 10.5. The van der Waals surface area contributed by atoms with E-state index in [4.69, 9.17) is 16.3 Å². The Balaban J connectivity index is 2.04. The van der Waals surface area contributed by atoms with Gasteiger partial charge in [0.1, 0.15) is 12.4 Å². The van der Waals surface area contributed by atoms with Crippen molar-refractivity contribution in [3.05, 3.63) is 46.4 Å². The van der Waals surface area contributed by atoms with Crippen LogP contribution in [0.3, 0.4) is 0 Å². The average Bonchev–Trinajstić information content (AvgIpc) is 2.79. The monoisotopic (exact) mass is 239 g/mol. The van der Waals surface area contributed by atoms with Crippen LogP contribution in [0.2, 0.25) is 0 Å². The number of ether oxygens (including phenoxy) is 1. The molecule has 2 rings (SSSR count). The highest BCUT2D eigenvalue weighted by atomic mass is 35.5. The Labute approximate surface area is 97.5 Å². The number of rotatable bonds is 4. The molecule has 1 heterocycles. The fraction of sp³-hybridized carbons (Fsp3) is 0.182. The average molecular weight is 240 g/mol. The summed E-state index contributed by atoms with van der Waals surface area (Å²) in [4.78, 5) is 5.10. The van der Waals surface area contributed by atoms with Gasteiger partial charge in [-0.25, -0.2) is 0 Å². The molecule has 0 atom stereocenters. The summed E-state index contributed by atoms with van der Waals surface area (Å²) >= 11 is 7.39. The first-order chi connectivity index (χ1) is 7.40. The lowest BCUT2D eigenvalue weighted by Crippen LogP contribution is -1.95. The van der Waals surface area contributed by atoms with Gasteiger partial charge in [-0.05, 0) is 6.07 Å². The van der Waals surface area contributed by atoms with Crippen LogP contribution in [0.5, 0.6) is 5.75 Å². The van der Waals surface area contributed by atoms with E-state index in [1.54, 1.807) is 16.8 Å². The summed E-state index contributed by atoms with van der Waals surface area (Å²) in [6, 6.07) is 7.79. The van der Waals surface area contributed by atoms with E-state index in [-0.39, 0.29) is 0 Å². The van der Waals surface area contributed by atoms with Crippen molar-refractivity contribution in [1.29, 1.82) is 0 Å². The standard InChI is InChI=1S/C11H10ClNOS/c12-5-9-3-1-2-4-11(9)14-7-10-6-13-8-15-10/h1-4,6,8H,5,7H2. The second-order valence-corrected chi connectivity index (χ2v) is 4.24. The van der Waals surface area contributed by atoms with Crippen LogP contribution in [0.15, 0.2) is 36.0 Å². The number of hydrogen-bond donors (Lipinski definition) is 0. The summed E-state index contributed by atoms with van der Waals surface area (Å²) < 4.78 is 5.66. The molecule has 0 N–H and O–H groups in total. The highest BCUT2D eigenvalue weighted by Crippen LogP contribution is 2.21. The van der Waals surface area contributed by atoms with E-state index >= 15 is 0 Å². The van der Waals surface area contributed by atoms with Gasteiger partial charge in [0, 0.05) is 11.8 Å². The quantitative estimate of drug-likeness (QED) is 0.763. The minimum Gasteiger partial charge on any atom is -0.488 e. The Kier molecular flexibility index (Phi) is 3.59. The molecule has 1 aromatic carbocycles. The van der Waals surface area contributed by atoms with Crippen molar-refractivity contribution in [2.75, 3.05) is 0 Å². The van der Waals surface area contributed by atoms with E-state index in [0.717, 1.165) is 16.2 Å². The third kappa shape index (κ3) is 2.70. The molecule has 0 aliphatic rings. The largest absolute Gasteiger partial charge is 0.488 e. The van der Waals surface area contributed by atoms with E-state index in [1.165, 1.54) is 0 Å². The molecule has 15 heavy (non-hydrogen) atoms. The smallest absolute Gasteiger partial charge is 0.124 e. The summed E-state index contributed by atoms with van der Waals surface area (Å²) in [6.07, 6.45) is 1.81. The summed E-state index contributed by atoms with van der Waals surface area (Å²) in [6.45, 7) is 0.554. The molecular weight excluding hydrogens is 230 g/mol. The number of para-hydroxylation sites is 1. The van der Waals surface area contributed by atoms with Gasteiger partial charge in [0.05, 0.1) is 16.3 Å². The summed E-state index contributed by atoms with van der Waals surface area (Å²) in [7, 11) is 0. The van der Waals surface area contributed by atoms with E-state index in [2.05, 4.69) is 4.98 Å². The molecule has 0 radical (unpaired) electrons. The number of halogens is 1. The molecular formula is C11H10ClNOS. The maximum Gasteiger partial charge on any atom is 0.124 e. The van der Waals surface area contributed by atoms with Crippen LogP contribution in [0.25, 0.3) is 0 Å². The molecule has 0 saturated carbocycles. The van der Waals surface area contributed by atoms with Gasteiger partial charge >= 0.3 is 0 Å². The minimum absolute atomic E-state index is 0.471. The minimum atomic E-state index is 0.471. The number of alkyl halides is 1. The van der Waals surface area contributed by atoms with Gasteiger partial charge in [-0.3, -0.25) is 4.98 Å². The second-order valence-electron chi connectivity index (χ2n) is 3.00. The first-order valence-corrected chi connectivity index (χ1v) is 5.95. The highest BCUT2D eigenvalue weighted by Gasteiger charge is 2.02. The van der Waals surface area contributed by atoms with Crippen LogP contribution in [-0.2, 0) is 12.5 Å². The summed E-state index contributed by atoms with van der Waals surface area (Å²) in [5, 5.41) is 0. The van der Waals surface area contributed by atoms with Crippen LogP contribution in [0, 0.1) is 0 Å². The maximum absolute atomic E-state index is 5.80. The van der Waals surface area contributed by atoms with Crippen molar-refractivity contribution in [3.8, 4) is 5.75 Å². The summed E-state index contributed by atoms with van der Waals surface area (Å²) in [5.74, 6) is 1.32. The van der Waals surface area contributed by atoms with Crippen molar-refractivity contribution < 1.29 is 4.74 Å². The zero-order valence-electron chi connectivity index (χ0n) is 8.02. The number of thiazole rings is 1. The lowest BCUT2D eigenvalue weighted by atomic mass is 10.2. The molecule has 1 aromatic heterocycles. The van der Waals surface area contributed by atoms with Crippen molar-refractivity contribution in [2.24, 2.45) is 0 Å². The van der Waals surface area contributed by atoms with Crippen molar-refractivity contribution >= 4 is 22.9 Å². The Morgan fingerprint density at radius 3 is 2.93 bits per heavy atom. The van der Waals surface area contributed by atoms with E-state index in [0.29, 0.717) is 12.5 Å². The first-order valence-electron chi connectivity index (χ1n) is 4.54. The van der Waals surface area contributed by atoms with Crippen LogP contribution in [0.4, 0.5) is 0 Å². The zero-order valence-corrected chi connectivity index (χ0v) is 9.59. The lowest BCUT2D eigenvalue weighted by molar-refractivity contribution is 0.307. The molecule has 0 amide bonds.